The first-order valence-corrected chi connectivity index (χ1v) is 17.9. The van der Waals surface area contributed by atoms with E-state index < -0.39 is 44.5 Å². The third kappa shape index (κ3) is 10.3. The highest BCUT2D eigenvalue weighted by atomic mass is 28.4. The van der Waals surface area contributed by atoms with Crippen LogP contribution in [0, 0.1) is 0 Å². The Balaban J connectivity index is 1.82. The lowest BCUT2D eigenvalue weighted by Gasteiger charge is -2.36. The summed E-state index contributed by atoms with van der Waals surface area (Å²) in [4.78, 5) is 13.2. The molecule has 0 spiro atoms. The van der Waals surface area contributed by atoms with Crippen molar-refractivity contribution in [3.63, 3.8) is 0 Å². The molecule has 0 aromatic heterocycles. The fourth-order valence-electron chi connectivity index (χ4n) is 4.48. The SMILES string of the molecule is COc1ccc(CO[C@H](/C=C\C(OC(=O)c2ccccc2)[C@H]2OC(C)(C)O[C@H]2CCO[Si](C)(C)C(C)(C)C)[C@H](C)O)cc1. The van der Waals surface area contributed by atoms with Crippen LogP contribution in [0.2, 0.25) is 18.1 Å². The van der Waals surface area contributed by atoms with Crippen LogP contribution >= 0.6 is 0 Å². The summed E-state index contributed by atoms with van der Waals surface area (Å²) in [7, 11) is -0.346. The number of hydrogen-bond donors (Lipinski definition) is 1. The van der Waals surface area contributed by atoms with Crippen molar-refractivity contribution < 1.29 is 38.0 Å². The molecule has 9 heteroatoms. The van der Waals surface area contributed by atoms with Gasteiger partial charge in [0.05, 0.1) is 31.5 Å². The van der Waals surface area contributed by atoms with Crippen molar-refractivity contribution in [2.45, 2.75) is 109 Å². The zero-order valence-electron chi connectivity index (χ0n) is 27.2. The van der Waals surface area contributed by atoms with Gasteiger partial charge in [-0.2, -0.15) is 0 Å². The Labute approximate surface area is 258 Å². The van der Waals surface area contributed by atoms with E-state index in [4.69, 9.17) is 28.1 Å². The highest BCUT2D eigenvalue weighted by Gasteiger charge is 2.46. The average Bonchev–Trinajstić information content (AvgIpc) is 3.25. The van der Waals surface area contributed by atoms with Crippen molar-refractivity contribution >= 4 is 14.3 Å². The zero-order valence-corrected chi connectivity index (χ0v) is 28.2. The van der Waals surface area contributed by atoms with E-state index in [9.17, 15) is 9.90 Å². The fourth-order valence-corrected chi connectivity index (χ4v) is 5.54. The number of aliphatic hydroxyl groups excluding tert-OH is 1. The Morgan fingerprint density at radius 3 is 2.28 bits per heavy atom. The van der Waals surface area contributed by atoms with E-state index in [1.54, 1.807) is 50.5 Å². The Morgan fingerprint density at radius 1 is 1.05 bits per heavy atom. The molecule has 5 atom stereocenters. The Hall–Kier alpha value is -2.53. The number of carbonyl (C=O) groups excluding carboxylic acids is 1. The number of methoxy groups -OCH3 is 1. The molecule has 2 aromatic carbocycles. The van der Waals surface area contributed by atoms with Crippen LogP contribution in [-0.4, -0.2) is 69.4 Å². The molecule has 1 fully saturated rings. The molecule has 1 heterocycles. The second kappa shape index (κ2) is 15.0. The summed E-state index contributed by atoms with van der Waals surface area (Å²) >= 11 is 0. The van der Waals surface area contributed by atoms with Gasteiger partial charge in [-0.3, -0.25) is 0 Å². The number of rotatable bonds is 14. The van der Waals surface area contributed by atoms with Gasteiger partial charge in [0.2, 0.25) is 0 Å². The summed E-state index contributed by atoms with van der Waals surface area (Å²) in [6.07, 6.45) is 0.779. The predicted molar refractivity (Wildman–Crippen MR) is 170 cm³/mol. The lowest BCUT2D eigenvalue weighted by molar-refractivity contribution is -0.153. The molecule has 0 amide bonds. The highest BCUT2D eigenvalue weighted by molar-refractivity contribution is 6.74. The summed E-state index contributed by atoms with van der Waals surface area (Å²) in [5, 5.41) is 10.6. The lowest BCUT2D eigenvalue weighted by atomic mass is 10.0. The minimum atomic E-state index is -1.96. The van der Waals surface area contributed by atoms with E-state index in [-0.39, 0.29) is 17.7 Å². The molecule has 1 aliphatic heterocycles. The predicted octanol–water partition coefficient (Wildman–Crippen LogP) is 6.68. The molecule has 43 heavy (non-hydrogen) atoms. The van der Waals surface area contributed by atoms with E-state index >= 15 is 0 Å². The van der Waals surface area contributed by atoms with E-state index in [1.165, 1.54) is 0 Å². The first-order chi connectivity index (χ1) is 20.1. The van der Waals surface area contributed by atoms with Gasteiger partial charge in [-0.15, -0.1) is 0 Å². The van der Waals surface area contributed by atoms with Crippen LogP contribution in [0.1, 0.15) is 63.9 Å². The highest BCUT2D eigenvalue weighted by Crippen LogP contribution is 2.38. The molecule has 1 aliphatic rings. The molecule has 238 valence electrons. The summed E-state index contributed by atoms with van der Waals surface area (Å²) in [6.45, 7) is 17.2. The molecule has 1 N–H and O–H groups in total. The molecule has 0 aliphatic carbocycles. The molecule has 0 radical (unpaired) electrons. The maximum atomic E-state index is 13.2. The molecule has 3 rings (SSSR count). The number of ether oxygens (including phenoxy) is 5. The quantitative estimate of drug-likeness (QED) is 0.143. The third-order valence-corrected chi connectivity index (χ3v) is 12.6. The van der Waals surface area contributed by atoms with Gasteiger partial charge in [0, 0.05) is 6.61 Å². The number of carbonyl (C=O) groups is 1. The summed E-state index contributed by atoms with van der Waals surface area (Å²) in [5.74, 6) is -0.608. The monoisotopic (exact) mass is 614 g/mol. The molecule has 1 saturated heterocycles. The van der Waals surface area contributed by atoms with Crippen molar-refractivity contribution in [1.82, 2.24) is 0 Å². The minimum Gasteiger partial charge on any atom is -0.497 e. The van der Waals surface area contributed by atoms with Crippen molar-refractivity contribution in [3.8, 4) is 5.75 Å². The van der Waals surface area contributed by atoms with Gasteiger partial charge in [0.15, 0.2) is 14.1 Å². The van der Waals surface area contributed by atoms with Crippen LogP contribution in [0.4, 0.5) is 0 Å². The van der Waals surface area contributed by atoms with Gasteiger partial charge >= 0.3 is 5.97 Å². The topological polar surface area (TPSA) is 92.7 Å². The first-order valence-electron chi connectivity index (χ1n) is 15.0. The van der Waals surface area contributed by atoms with Crippen LogP contribution in [0.25, 0.3) is 0 Å². The van der Waals surface area contributed by atoms with E-state index in [2.05, 4.69) is 33.9 Å². The normalized spacial score (nSPS) is 21.0. The van der Waals surface area contributed by atoms with Crippen molar-refractivity contribution in [3.05, 3.63) is 77.9 Å². The second-order valence-electron chi connectivity index (χ2n) is 13.0. The smallest absolute Gasteiger partial charge is 0.338 e. The summed E-state index contributed by atoms with van der Waals surface area (Å²) in [5.41, 5.74) is 1.36. The molecular weight excluding hydrogens is 564 g/mol. The van der Waals surface area contributed by atoms with E-state index in [1.807, 2.05) is 44.2 Å². The van der Waals surface area contributed by atoms with Crippen LogP contribution in [0.3, 0.4) is 0 Å². The summed E-state index contributed by atoms with van der Waals surface area (Å²) < 4.78 is 36.4. The maximum absolute atomic E-state index is 13.2. The molecule has 8 nitrogen and oxygen atoms in total. The fraction of sp³-hybridized carbons (Fsp3) is 0.559. The van der Waals surface area contributed by atoms with E-state index in [0.29, 0.717) is 18.6 Å². The average molecular weight is 615 g/mol. The maximum Gasteiger partial charge on any atom is 0.338 e. The van der Waals surface area contributed by atoms with Crippen LogP contribution in [0.5, 0.6) is 5.75 Å². The van der Waals surface area contributed by atoms with Crippen LogP contribution < -0.4 is 4.74 Å². The second-order valence-corrected chi connectivity index (χ2v) is 17.8. The molecular formula is C34H50O8Si. The first kappa shape index (κ1) is 35.0. The zero-order chi connectivity index (χ0) is 31.8. The van der Waals surface area contributed by atoms with Crippen molar-refractivity contribution in [2.75, 3.05) is 13.7 Å². The lowest BCUT2D eigenvalue weighted by Crippen LogP contribution is -2.42. The van der Waals surface area contributed by atoms with Gasteiger partial charge < -0.3 is 33.2 Å². The number of esters is 1. The molecule has 1 unspecified atom stereocenters. The Bertz CT molecular complexity index is 1170. The van der Waals surface area contributed by atoms with Crippen molar-refractivity contribution in [2.24, 2.45) is 0 Å². The largest absolute Gasteiger partial charge is 0.497 e. The molecule has 0 bridgehead atoms. The van der Waals surface area contributed by atoms with Gasteiger partial charge in [-0.1, -0.05) is 57.2 Å². The van der Waals surface area contributed by atoms with Gasteiger partial charge in [0.1, 0.15) is 24.1 Å². The minimum absolute atomic E-state index is 0.0804. The standard InChI is InChI=1S/C34H50O8Si/c1-24(35)28(38-23-25-15-17-27(37-7)18-16-25)19-20-29(40-32(36)26-13-11-10-12-14-26)31-30(41-34(5,6)42-31)21-22-39-43(8,9)33(2,3)4/h10-20,24,28-31,35H,21-23H2,1-9H3/b20-19-/t24-,28+,29?,30-,31+/m0/s1. The van der Waals surface area contributed by atoms with E-state index in [0.717, 1.165) is 11.3 Å². The van der Waals surface area contributed by atoms with Crippen LogP contribution in [-0.2, 0) is 30.0 Å². The molecule has 0 saturated carbocycles. The number of hydrogen-bond acceptors (Lipinski definition) is 8. The third-order valence-electron chi connectivity index (χ3n) is 8.04. The van der Waals surface area contributed by atoms with Crippen molar-refractivity contribution in [1.29, 1.82) is 0 Å². The van der Waals surface area contributed by atoms with Gasteiger partial charge in [-0.25, -0.2) is 4.79 Å². The number of aliphatic hydroxyl groups is 1. The van der Waals surface area contributed by atoms with Gasteiger partial charge in [0.25, 0.3) is 0 Å². The summed E-state index contributed by atoms with van der Waals surface area (Å²) in [6, 6.07) is 16.4. The van der Waals surface area contributed by atoms with Gasteiger partial charge in [-0.05, 0) is 81.2 Å². The van der Waals surface area contributed by atoms with Crippen LogP contribution in [0.15, 0.2) is 66.7 Å². The number of benzene rings is 2. The Morgan fingerprint density at radius 2 is 1.70 bits per heavy atom. The molecule has 2 aromatic rings. The Kier molecular flexibility index (Phi) is 12.2.